The Morgan fingerprint density at radius 2 is 1.95 bits per heavy atom. The number of rotatable bonds is 6. The smallest absolute Gasteiger partial charge is 0.116 e. The van der Waals surface area contributed by atoms with Crippen molar-refractivity contribution in [3.05, 3.63) is 38.7 Å². The molecule has 0 amide bonds. The van der Waals surface area contributed by atoms with Crippen LogP contribution in [0.4, 0.5) is 0 Å². The first-order chi connectivity index (χ1) is 9.16. The topological polar surface area (TPSA) is 12.9 Å². The van der Waals surface area contributed by atoms with Gasteiger partial charge in [0.1, 0.15) is 4.49 Å². The van der Waals surface area contributed by atoms with Crippen molar-refractivity contribution in [2.45, 2.75) is 32.1 Å². The molecule has 5 heteroatoms. The molecule has 0 N–H and O–H groups in total. The first-order valence-corrected chi connectivity index (χ1v) is 8.26. The second kappa shape index (κ2) is 7.53. The predicted molar refractivity (Wildman–Crippen MR) is 89.5 cm³/mol. The van der Waals surface area contributed by atoms with Crippen molar-refractivity contribution < 1.29 is 0 Å². The average Bonchev–Trinajstić information content (AvgIpc) is 2.80. The largest absolute Gasteiger partial charge is 0.241 e. The normalized spacial score (nSPS) is 10.9. The number of hydrogen-bond acceptors (Lipinski definition) is 3. The summed E-state index contributed by atoms with van der Waals surface area (Å²) in [6.45, 7) is 0. The molecule has 1 heterocycles. The number of halogens is 2. The van der Waals surface area contributed by atoms with E-state index in [-0.39, 0.29) is 4.49 Å². The molecular weight excluding hydrogens is 317 g/mol. The third kappa shape index (κ3) is 4.67. The molecule has 0 saturated heterocycles. The average molecular weight is 332 g/mol. The van der Waals surface area contributed by atoms with Crippen LogP contribution < -0.4 is 0 Å². The number of unbranched alkanes of at least 4 members (excludes halogenated alkanes) is 2. The molecule has 0 saturated carbocycles. The van der Waals surface area contributed by atoms with E-state index >= 15 is 0 Å². The van der Waals surface area contributed by atoms with Gasteiger partial charge in [0.05, 0.1) is 15.2 Å². The maximum atomic E-state index is 5.64. The standard InChI is InChI=1S/C14H15Cl2NS2/c15-14(16)11(18)7-2-1-3-9-13-17-10-6-4-5-8-12(10)19-13/h4-6,8,18H,1-3,7,9H2. The maximum Gasteiger partial charge on any atom is 0.116 e. The third-order valence-electron chi connectivity index (χ3n) is 2.86. The molecule has 0 fully saturated rings. The van der Waals surface area contributed by atoms with Crippen LogP contribution in [-0.2, 0) is 6.42 Å². The van der Waals surface area contributed by atoms with E-state index < -0.39 is 0 Å². The Bertz CT molecular complexity index is 541. The third-order valence-corrected chi connectivity index (χ3v) is 5.12. The van der Waals surface area contributed by atoms with Crippen LogP contribution in [0.3, 0.4) is 0 Å². The zero-order valence-electron chi connectivity index (χ0n) is 10.4. The van der Waals surface area contributed by atoms with E-state index in [4.69, 9.17) is 23.2 Å². The first kappa shape index (κ1) is 15.2. The van der Waals surface area contributed by atoms with Gasteiger partial charge in [-0.25, -0.2) is 4.98 Å². The van der Waals surface area contributed by atoms with Crippen LogP contribution in [0.1, 0.15) is 30.7 Å². The quantitative estimate of drug-likeness (QED) is 0.507. The van der Waals surface area contributed by atoms with Crippen molar-refractivity contribution in [2.75, 3.05) is 0 Å². The van der Waals surface area contributed by atoms with Crippen LogP contribution in [0.5, 0.6) is 0 Å². The Labute approximate surface area is 133 Å². The van der Waals surface area contributed by atoms with Crippen LogP contribution >= 0.6 is 47.2 Å². The van der Waals surface area contributed by atoms with E-state index in [0.29, 0.717) is 0 Å². The Morgan fingerprint density at radius 3 is 2.68 bits per heavy atom. The molecule has 1 aromatic carbocycles. The van der Waals surface area contributed by atoms with Crippen molar-refractivity contribution in [3.8, 4) is 0 Å². The van der Waals surface area contributed by atoms with Gasteiger partial charge in [-0.2, -0.15) is 0 Å². The molecule has 102 valence electrons. The summed E-state index contributed by atoms with van der Waals surface area (Å²) in [7, 11) is 0. The molecule has 19 heavy (non-hydrogen) atoms. The lowest BCUT2D eigenvalue weighted by atomic mass is 10.1. The van der Waals surface area contributed by atoms with Crippen LogP contribution in [-0.4, -0.2) is 4.98 Å². The summed E-state index contributed by atoms with van der Waals surface area (Å²) < 4.78 is 1.56. The van der Waals surface area contributed by atoms with Gasteiger partial charge >= 0.3 is 0 Å². The minimum Gasteiger partial charge on any atom is -0.241 e. The summed E-state index contributed by atoms with van der Waals surface area (Å²) in [6.07, 6.45) is 5.24. The van der Waals surface area contributed by atoms with Crippen molar-refractivity contribution in [3.63, 3.8) is 0 Å². The van der Waals surface area contributed by atoms with E-state index in [0.717, 1.165) is 42.5 Å². The number of allylic oxidation sites excluding steroid dienone is 1. The number of hydrogen-bond donors (Lipinski definition) is 1. The molecular formula is C14H15Cl2NS2. The van der Waals surface area contributed by atoms with Gasteiger partial charge in [-0.3, -0.25) is 0 Å². The van der Waals surface area contributed by atoms with E-state index in [9.17, 15) is 0 Å². The Hall–Kier alpha value is -0.220. The molecule has 1 nitrogen and oxygen atoms in total. The highest BCUT2D eigenvalue weighted by Crippen LogP contribution is 2.25. The Kier molecular flexibility index (Phi) is 6.02. The number of aryl methyl sites for hydroxylation is 1. The number of nitrogens with zero attached hydrogens (tertiary/aromatic N) is 1. The zero-order valence-corrected chi connectivity index (χ0v) is 13.6. The zero-order chi connectivity index (χ0) is 13.7. The van der Waals surface area contributed by atoms with Crippen LogP contribution in [0, 0.1) is 0 Å². The summed E-state index contributed by atoms with van der Waals surface area (Å²) in [4.78, 5) is 5.41. The predicted octanol–water partition coefficient (Wildman–Crippen LogP) is 5.98. The SMILES string of the molecule is SC(CCCCCc1nc2ccccc2s1)=C(Cl)Cl. The van der Waals surface area contributed by atoms with Crippen molar-refractivity contribution in [1.82, 2.24) is 4.98 Å². The fourth-order valence-corrected chi connectivity index (χ4v) is 3.22. The molecule has 0 spiro atoms. The van der Waals surface area contributed by atoms with E-state index in [2.05, 4.69) is 35.8 Å². The van der Waals surface area contributed by atoms with E-state index in [1.165, 1.54) is 9.71 Å². The summed E-state index contributed by atoms with van der Waals surface area (Å²) >= 11 is 17.3. The second-order valence-corrected chi connectivity index (χ2v) is 6.95. The van der Waals surface area contributed by atoms with Crippen molar-refractivity contribution in [1.29, 1.82) is 0 Å². The fourth-order valence-electron chi connectivity index (χ4n) is 1.87. The summed E-state index contributed by atoms with van der Waals surface area (Å²) in [5, 5.41) is 1.22. The number of fused-ring (bicyclic) bond motifs is 1. The van der Waals surface area contributed by atoms with E-state index in [1.54, 1.807) is 11.3 Å². The van der Waals surface area contributed by atoms with Gasteiger partial charge in [0, 0.05) is 4.91 Å². The highest BCUT2D eigenvalue weighted by atomic mass is 35.5. The van der Waals surface area contributed by atoms with Crippen LogP contribution in [0.25, 0.3) is 10.2 Å². The Balaban J connectivity index is 1.75. The molecule has 2 rings (SSSR count). The van der Waals surface area contributed by atoms with Crippen LogP contribution in [0.15, 0.2) is 33.7 Å². The van der Waals surface area contributed by atoms with Gasteiger partial charge in [0.2, 0.25) is 0 Å². The molecule has 2 aromatic rings. The Morgan fingerprint density at radius 1 is 1.16 bits per heavy atom. The monoisotopic (exact) mass is 331 g/mol. The molecule has 1 aromatic heterocycles. The number of benzene rings is 1. The lowest BCUT2D eigenvalue weighted by Crippen LogP contribution is -1.85. The summed E-state index contributed by atoms with van der Waals surface area (Å²) in [5.74, 6) is 0. The van der Waals surface area contributed by atoms with Gasteiger partial charge < -0.3 is 0 Å². The number of thiol groups is 1. The molecule has 0 atom stereocenters. The molecule has 0 radical (unpaired) electrons. The number of aromatic nitrogens is 1. The maximum absolute atomic E-state index is 5.64. The minimum absolute atomic E-state index is 0.287. The van der Waals surface area contributed by atoms with Crippen LogP contribution in [0.2, 0.25) is 0 Å². The molecule has 0 aliphatic rings. The lowest BCUT2D eigenvalue weighted by molar-refractivity contribution is 0.683. The fraction of sp³-hybridized carbons (Fsp3) is 0.357. The molecule has 0 unspecified atom stereocenters. The number of para-hydroxylation sites is 1. The first-order valence-electron chi connectivity index (χ1n) is 6.24. The van der Waals surface area contributed by atoms with Gasteiger partial charge in [-0.05, 0) is 37.8 Å². The highest BCUT2D eigenvalue weighted by Gasteiger charge is 2.03. The molecule has 0 bridgehead atoms. The molecule has 0 aliphatic carbocycles. The summed E-state index contributed by atoms with van der Waals surface area (Å²) in [5.41, 5.74) is 1.11. The second-order valence-electron chi connectivity index (χ2n) is 4.34. The minimum atomic E-state index is 0.287. The van der Waals surface area contributed by atoms with Gasteiger partial charge in [0.15, 0.2) is 0 Å². The van der Waals surface area contributed by atoms with Crippen molar-refractivity contribution in [2.24, 2.45) is 0 Å². The highest BCUT2D eigenvalue weighted by molar-refractivity contribution is 7.84. The van der Waals surface area contributed by atoms with Gasteiger partial charge in [0.25, 0.3) is 0 Å². The van der Waals surface area contributed by atoms with Crippen molar-refractivity contribution >= 4 is 57.4 Å². The van der Waals surface area contributed by atoms with Gasteiger partial charge in [-0.1, -0.05) is 41.8 Å². The van der Waals surface area contributed by atoms with E-state index in [1.807, 2.05) is 6.07 Å². The number of thiazole rings is 1. The van der Waals surface area contributed by atoms with Gasteiger partial charge in [-0.15, -0.1) is 24.0 Å². The summed E-state index contributed by atoms with van der Waals surface area (Å²) in [6, 6.07) is 8.27. The molecule has 0 aliphatic heterocycles. The lowest BCUT2D eigenvalue weighted by Gasteiger charge is -2.00.